The zero-order valence-electron chi connectivity index (χ0n) is 26.7. The second kappa shape index (κ2) is 13.3. The molecule has 2 N–H and O–H groups in total. The van der Waals surface area contributed by atoms with Gasteiger partial charge in [0.25, 0.3) is 0 Å². The van der Waals surface area contributed by atoms with Gasteiger partial charge in [-0.25, -0.2) is 24.5 Å². The molecule has 0 bridgehead atoms. The summed E-state index contributed by atoms with van der Waals surface area (Å²) < 4.78 is 13.3. The molecule has 0 radical (unpaired) electrons. The van der Waals surface area contributed by atoms with Crippen LogP contribution < -0.4 is 10.6 Å². The molecule has 240 valence electrons. The van der Waals surface area contributed by atoms with Crippen LogP contribution in [0, 0.1) is 11.3 Å². The van der Waals surface area contributed by atoms with E-state index in [0.29, 0.717) is 61.3 Å². The molecule has 0 unspecified atom stereocenters. The lowest BCUT2D eigenvalue weighted by Gasteiger charge is -2.37. The predicted molar refractivity (Wildman–Crippen MR) is 169 cm³/mol. The van der Waals surface area contributed by atoms with Crippen molar-refractivity contribution in [2.24, 2.45) is 0 Å². The van der Waals surface area contributed by atoms with E-state index in [1.165, 1.54) is 0 Å². The Bertz CT molecular complexity index is 1560. The van der Waals surface area contributed by atoms with Crippen molar-refractivity contribution in [1.82, 2.24) is 34.5 Å². The zero-order chi connectivity index (χ0) is 32.2. The van der Waals surface area contributed by atoms with E-state index in [9.17, 15) is 14.9 Å². The number of ether oxygens (including phenoxy) is 2. The van der Waals surface area contributed by atoms with E-state index in [1.54, 1.807) is 51.0 Å². The molecular formula is C32H43N9O4. The maximum atomic E-state index is 13.2. The van der Waals surface area contributed by atoms with Crippen molar-refractivity contribution in [3.05, 3.63) is 42.4 Å². The van der Waals surface area contributed by atoms with E-state index in [2.05, 4.69) is 26.7 Å². The van der Waals surface area contributed by atoms with Crippen LogP contribution in [0.1, 0.15) is 65.9 Å². The largest absolute Gasteiger partial charge is 0.444 e. The number of anilines is 1. The third-order valence-corrected chi connectivity index (χ3v) is 7.80. The molecule has 2 saturated heterocycles. The topological polar surface area (TPSA) is 150 Å². The van der Waals surface area contributed by atoms with Crippen LogP contribution in [0.3, 0.4) is 0 Å². The number of nitrogens with zero attached hydrogens (tertiary/aromatic N) is 7. The molecule has 2 aliphatic rings. The summed E-state index contributed by atoms with van der Waals surface area (Å²) in [6, 6.07) is 7.54. The number of piperidine rings is 2. The van der Waals surface area contributed by atoms with E-state index in [-0.39, 0.29) is 24.3 Å². The van der Waals surface area contributed by atoms with Gasteiger partial charge in [-0.05, 0) is 78.5 Å². The van der Waals surface area contributed by atoms with Crippen LogP contribution >= 0.6 is 0 Å². The Hall–Kier alpha value is -4.44. The maximum absolute atomic E-state index is 13.2. The van der Waals surface area contributed by atoms with E-state index in [1.807, 2.05) is 34.6 Å². The molecule has 13 nitrogen and oxygen atoms in total. The smallest absolute Gasteiger partial charge is 0.410 e. The Morgan fingerprint density at radius 2 is 1.67 bits per heavy atom. The summed E-state index contributed by atoms with van der Waals surface area (Å²) in [5.74, 6) is 1.13. The Kier molecular flexibility index (Phi) is 9.43. The van der Waals surface area contributed by atoms with Crippen molar-refractivity contribution in [3.8, 4) is 17.6 Å². The highest BCUT2D eigenvalue weighted by atomic mass is 16.6. The number of hydrogen-bond donors (Lipinski definition) is 2. The Balaban J connectivity index is 1.14. The van der Waals surface area contributed by atoms with Crippen molar-refractivity contribution in [2.75, 3.05) is 38.0 Å². The third-order valence-electron chi connectivity index (χ3n) is 7.80. The van der Waals surface area contributed by atoms with Crippen LogP contribution in [-0.4, -0.2) is 97.3 Å². The van der Waals surface area contributed by atoms with Crippen molar-refractivity contribution >= 4 is 23.7 Å². The average molecular weight is 618 g/mol. The molecule has 2 atom stereocenters. The Labute approximate surface area is 263 Å². The molecule has 0 aromatic carbocycles. The van der Waals surface area contributed by atoms with Gasteiger partial charge in [-0.3, -0.25) is 4.40 Å². The monoisotopic (exact) mass is 617 g/mol. The molecule has 2 amide bonds. The van der Waals surface area contributed by atoms with Crippen molar-refractivity contribution in [3.63, 3.8) is 0 Å². The van der Waals surface area contributed by atoms with Gasteiger partial charge in [0.05, 0.1) is 11.8 Å². The van der Waals surface area contributed by atoms with Gasteiger partial charge in [-0.2, -0.15) is 5.26 Å². The van der Waals surface area contributed by atoms with Crippen LogP contribution in [-0.2, 0) is 9.47 Å². The molecule has 0 aliphatic carbocycles. The number of carbonyl (C=O) groups is 2. The van der Waals surface area contributed by atoms with Crippen molar-refractivity contribution in [1.29, 1.82) is 5.26 Å². The molecule has 3 aromatic rings. The molecule has 5 rings (SSSR count). The zero-order valence-corrected chi connectivity index (χ0v) is 26.7. The third kappa shape index (κ3) is 8.39. The number of fused-ring (bicyclic) bond motifs is 1. The lowest BCUT2D eigenvalue weighted by Crippen LogP contribution is -2.53. The summed E-state index contributed by atoms with van der Waals surface area (Å²) in [6.45, 7) is 12.2. The molecule has 2 aliphatic heterocycles. The van der Waals surface area contributed by atoms with Crippen LogP contribution in [0.2, 0.25) is 0 Å². The van der Waals surface area contributed by atoms with Gasteiger partial charge in [0.15, 0.2) is 5.82 Å². The first-order chi connectivity index (χ1) is 21.4. The molecule has 3 aromatic heterocycles. The summed E-state index contributed by atoms with van der Waals surface area (Å²) in [4.78, 5) is 42.8. The highest BCUT2D eigenvalue weighted by Crippen LogP contribution is 2.22. The van der Waals surface area contributed by atoms with Gasteiger partial charge in [0.1, 0.15) is 34.4 Å². The fourth-order valence-electron chi connectivity index (χ4n) is 5.61. The minimum atomic E-state index is -0.743. The quantitative estimate of drug-likeness (QED) is 0.389. The highest BCUT2D eigenvalue weighted by molar-refractivity contribution is 5.69. The number of pyridine rings is 1. The molecule has 13 heteroatoms. The first-order valence-corrected chi connectivity index (χ1v) is 15.6. The normalized spacial score (nSPS) is 19.2. The molecule has 5 heterocycles. The highest BCUT2D eigenvalue weighted by Gasteiger charge is 2.32. The van der Waals surface area contributed by atoms with Gasteiger partial charge in [-0.1, -0.05) is 0 Å². The Morgan fingerprint density at radius 3 is 2.38 bits per heavy atom. The van der Waals surface area contributed by atoms with E-state index in [4.69, 9.17) is 14.5 Å². The number of nitriles is 1. The average Bonchev–Trinajstić information content (AvgIpc) is 3.43. The summed E-state index contributed by atoms with van der Waals surface area (Å²) in [6.07, 6.45) is 7.97. The van der Waals surface area contributed by atoms with Gasteiger partial charge in [0.2, 0.25) is 0 Å². The second-order valence-corrected chi connectivity index (χ2v) is 13.4. The summed E-state index contributed by atoms with van der Waals surface area (Å²) in [5.41, 5.74) is 0.622. The van der Waals surface area contributed by atoms with E-state index in [0.717, 1.165) is 25.7 Å². The lowest BCUT2D eigenvalue weighted by molar-refractivity contribution is 0.00456. The molecule has 0 spiro atoms. The number of nitrogens with one attached hydrogen (secondary N) is 2. The summed E-state index contributed by atoms with van der Waals surface area (Å²) >= 11 is 0. The van der Waals surface area contributed by atoms with Crippen LogP contribution in [0.15, 0.2) is 36.8 Å². The molecule has 0 saturated carbocycles. The summed E-state index contributed by atoms with van der Waals surface area (Å²) in [7, 11) is 0. The van der Waals surface area contributed by atoms with Crippen molar-refractivity contribution < 1.29 is 19.1 Å². The van der Waals surface area contributed by atoms with E-state index < -0.39 is 11.2 Å². The van der Waals surface area contributed by atoms with Gasteiger partial charge in [-0.15, -0.1) is 0 Å². The number of rotatable bonds is 7. The van der Waals surface area contributed by atoms with Crippen LogP contribution in [0.5, 0.6) is 0 Å². The maximum Gasteiger partial charge on any atom is 0.410 e. The molecule has 2 fully saturated rings. The van der Waals surface area contributed by atoms with Crippen molar-refractivity contribution in [2.45, 2.75) is 83.6 Å². The number of amides is 2. The first-order valence-electron chi connectivity index (χ1n) is 15.6. The number of imidazole rings is 1. The number of aromatic nitrogens is 4. The first kappa shape index (κ1) is 32.0. The number of likely N-dealkylation sites (tertiary alicyclic amines) is 2. The summed E-state index contributed by atoms with van der Waals surface area (Å²) in [5, 5.41) is 16.3. The Morgan fingerprint density at radius 1 is 0.978 bits per heavy atom. The molecule has 45 heavy (non-hydrogen) atoms. The number of carbonyl (C=O) groups excluding carboxylic acids is 2. The minimum absolute atomic E-state index is 0.0104. The lowest BCUT2D eigenvalue weighted by atomic mass is 10.0. The van der Waals surface area contributed by atoms with E-state index >= 15 is 0 Å². The minimum Gasteiger partial charge on any atom is -0.444 e. The standard InChI is InChI=1S/C32H43N9O4/c1-31(2,3)44-29(42)39-14-6-8-23(19-39)36-21-32(4,5)45-30(43)40-15-7-9-24(20-40)37-26-12-13-34-28(38-26)25-17-35-27-11-10-22(16-33)18-41(25)27/h10-13,17-18,23-24,36H,6-9,14-15,19-21H2,1-5H3,(H,34,37,38)/t23-,24-/m0/s1. The fourth-order valence-corrected chi connectivity index (χ4v) is 5.61. The fraction of sp³-hybridized carbons (Fsp3) is 0.562. The van der Waals surface area contributed by atoms with Gasteiger partial charge >= 0.3 is 12.2 Å². The number of hydrogen-bond acceptors (Lipinski definition) is 10. The van der Waals surface area contributed by atoms with Crippen LogP contribution in [0.25, 0.3) is 17.2 Å². The second-order valence-electron chi connectivity index (χ2n) is 13.4. The van der Waals surface area contributed by atoms with Gasteiger partial charge in [0, 0.05) is 57.2 Å². The molecular weight excluding hydrogens is 574 g/mol. The van der Waals surface area contributed by atoms with Crippen LogP contribution in [0.4, 0.5) is 15.4 Å². The SMILES string of the molecule is CC(C)(C)OC(=O)N1CCC[C@H](NCC(C)(C)OC(=O)N2CCC[C@H](Nc3ccnc(-c4cnc5ccc(C#N)cn45)n3)C2)C1. The van der Waals surface area contributed by atoms with Gasteiger partial charge < -0.3 is 29.9 Å². The predicted octanol–water partition coefficient (Wildman–Crippen LogP) is 4.44.